The Labute approximate surface area is 251 Å². The fourth-order valence-electron chi connectivity index (χ4n) is 5.35. The molecule has 0 unspecified atom stereocenters. The number of pyridine rings is 1. The number of fused-ring (bicyclic) bond motifs is 5. The van der Waals surface area contributed by atoms with E-state index in [2.05, 4.69) is 20.6 Å². The summed E-state index contributed by atoms with van der Waals surface area (Å²) < 4.78 is 9.93. The number of aromatic nitrogens is 4. The molecule has 1 atom stereocenters. The fourth-order valence-corrected chi connectivity index (χ4v) is 5.35. The van der Waals surface area contributed by atoms with Crippen molar-refractivity contribution < 1.29 is 19.1 Å². The number of hydrogen-bond acceptors (Lipinski definition) is 6. The average molecular weight is 586 g/mol. The van der Waals surface area contributed by atoms with Crippen LogP contribution in [0.4, 0.5) is 0 Å². The van der Waals surface area contributed by atoms with E-state index in [4.69, 9.17) is 4.74 Å². The highest BCUT2D eigenvalue weighted by molar-refractivity contribution is 5.90. The number of nitrogens with one attached hydrogen (secondary N) is 2. The summed E-state index contributed by atoms with van der Waals surface area (Å²) in [6.07, 6.45) is 8.27. The van der Waals surface area contributed by atoms with Crippen molar-refractivity contribution in [3.05, 3.63) is 72.4 Å². The smallest absolute Gasteiger partial charge is 0.242 e. The van der Waals surface area contributed by atoms with Gasteiger partial charge in [0, 0.05) is 50.0 Å². The first kappa shape index (κ1) is 29.8. The largest absolute Gasteiger partial charge is 0.494 e. The van der Waals surface area contributed by atoms with Crippen LogP contribution in [0, 0.1) is 12.8 Å². The van der Waals surface area contributed by atoms with Crippen LogP contribution in [0.25, 0.3) is 17.0 Å². The molecule has 5 rings (SSSR count). The van der Waals surface area contributed by atoms with E-state index in [-0.39, 0.29) is 36.6 Å². The predicted octanol–water partition coefficient (Wildman–Crippen LogP) is 3.01. The second-order valence-electron chi connectivity index (χ2n) is 11.3. The standard InChI is InChI=1S/C32H39N7O4/c1-22(2)17-27-32(42)34-11-15-37-14-10-33-31(37)24-8-4-9-26(18-24)43-16-6-12-38(21-28(40)36-27)29(41)19-25-20-35-30-23(3)7-5-13-39(25)30/h4-5,7-10,13-14,18,20,22,27H,6,11-12,15-17,19,21H2,1-3H3,(H,34,42)(H,36,40)/t27-/m1/s1. The third kappa shape index (κ3) is 7.40. The Balaban J connectivity index is 1.37. The summed E-state index contributed by atoms with van der Waals surface area (Å²) in [6.45, 7) is 7.37. The predicted molar refractivity (Wildman–Crippen MR) is 162 cm³/mol. The van der Waals surface area contributed by atoms with Gasteiger partial charge in [0.15, 0.2) is 0 Å². The van der Waals surface area contributed by atoms with Crippen LogP contribution < -0.4 is 15.4 Å². The molecular weight excluding hydrogens is 546 g/mol. The quantitative estimate of drug-likeness (QED) is 0.380. The van der Waals surface area contributed by atoms with Crippen molar-refractivity contribution in [3.8, 4) is 17.1 Å². The molecule has 226 valence electrons. The lowest BCUT2D eigenvalue weighted by molar-refractivity contribution is -0.136. The van der Waals surface area contributed by atoms with Gasteiger partial charge in [-0.3, -0.25) is 14.4 Å². The molecule has 11 heteroatoms. The van der Waals surface area contributed by atoms with Gasteiger partial charge >= 0.3 is 0 Å². The molecule has 11 nitrogen and oxygen atoms in total. The van der Waals surface area contributed by atoms with Gasteiger partial charge < -0.3 is 29.2 Å². The molecule has 0 saturated carbocycles. The molecule has 3 amide bonds. The molecule has 0 saturated heterocycles. The number of carbonyl (C=O) groups is 3. The van der Waals surface area contributed by atoms with Crippen molar-refractivity contribution in [2.24, 2.45) is 5.92 Å². The number of rotatable bonds is 4. The normalized spacial score (nSPS) is 17.0. The van der Waals surface area contributed by atoms with E-state index in [1.165, 1.54) is 4.90 Å². The highest BCUT2D eigenvalue weighted by Gasteiger charge is 2.25. The summed E-state index contributed by atoms with van der Waals surface area (Å²) in [7, 11) is 0. The van der Waals surface area contributed by atoms with Crippen LogP contribution >= 0.6 is 0 Å². The van der Waals surface area contributed by atoms with Gasteiger partial charge in [0.05, 0.1) is 25.3 Å². The number of amides is 3. The number of nitrogens with zero attached hydrogens (tertiary/aromatic N) is 5. The van der Waals surface area contributed by atoms with Crippen molar-refractivity contribution in [2.75, 3.05) is 26.2 Å². The first-order valence-electron chi connectivity index (χ1n) is 14.8. The van der Waals surface area contributed by atoms with E-state index in [0.29, 0.717) is 44.8 Å². The maximum atomic E-state index is 13.6. The molecule has 43 heavy (non-hydrogen) atoms. The molecule has 0 aliphatic carbocycles. The minimum absolute atomic E-state index is 0.0867. The number of hydrogen-bond donors (Lipinski definition) is 2. The zero-order valence-corrected chi connectivity index (χ0v) is 25.0. The molecular formula is C32H39N7O4. The first-order valence-corrected chi connectivity index (χ1v) is 14.8. The summed E-state index contributed by atoms with van der Waals surface area (Å²) >= 11 is 0. The van der Waals surface area contributed by atoms with Gasteiger partial charge in [-0.1, -0.05) is 32.0 Å². The van der Waals surface area contributed by atoms with Gasteiger partial charge in [-0.15, -0.1) is 0 Å². The van der Waals surface area contributed by atoms with Gasteiger partial charge in [0.25, 0.3) is 0 Å². The zero-order chi connectivity index (χ0) is 30.3. The Bertz CT molecular complexity index is 1590. The fraction of sp³-hybridized carbons (Fsp3) is 0.406. The van der Waals surface area contributed by atoms with Crippen LogP contribution in [0.15, 0.2) is 61.2 Å². The van der Waals surface area contributed by atoms with E-state index in [0.717, 1.165) is 28.3 Å². The molecule has 0 fully saturated rings. The van der Waals surface area contributed by atoms with Crippen molar-refractivity contribution in [1.29, 1.82) is 0 Å². The van der Waals surface area contributed by atoms with Crippen molar-refractivity contribution in [2.45, 2.75) is 52.6 Å². The van der Waals surface area contributed by atoms with E-state index >= 15 is 0 Å². The minimum atomic E-state index is -0.715. The molecule has 1 aliphatic heterocycles. The van der Waals surface area contributed by atoms with Crippen LogP contribution in [0.5, 0.6) is 5.75 Å². The van der Waals surface area contributed by atoms with Crippen LogP contribution in [0.2, 0.25) is 0 Å². The molecule has 0 spiro atoms. The molecule has 3 aromatic heterocycles. The molecule has 2 bridgehead atoms. The Hall–Kier alpha value is -4.67. The lowest BCUT2D eigenvalue weighted by Gasteiger charge is -2.25. The Morgan fingerprint density at radius 3 is 2.81 bits per heavy atom. The maximum Gasteiger partial charge on any atom is 0.242 e. The van der Waals surface area contributed by atoms with E-state index in [9.17, 15) is 14.4 Å². The van der Waals surface area contributed by atoms with Gasteiger partial charge in [0.1, 0.15) is 23.3 Å². The SMILES string of the molecule is Cc1cccn2c(CC(=O)N3CCCOc4cccc(c4)-c4nccn4CCNC(=O)[C@@H](CC(C)C)NC(=O)C3)cnc12. The molecule has 4 heterocycles. The number of ether oxygens (including phenoxy) is 1. The second-order valence-corrected chi connectivity index (χ2v) is 11.3. The van der Waals surface area contributed by atoms with Gasteiger partial charge in [-0.2, -0.15) is 0 Å². The lowest BCUT2D eigenvalue weighted by atomic mass is 10.0. The Morgan fingerprint density at radius 2 is 1.98 bits per heavy atom. The highest BCUT2D eigenvalue weighted by Crippen LogP contribution is 2.23. The Morgan fingerprint density at radius 1 is 1.12 bits per heavy atom. The van der Waals surface area contributed by atoms with Gasteiger partial charge in [-0.05, 0) is 49.4 Å². The van der Waals surface area contributed by atoms with Crippen molar-refractivity contribution in [3.63, 3.8) is 0 Å². The summed E-state index contributed by atoms with van der Waals surface area (Å²) in [6, 6.07) is 10.9. The topological polar surface area (TPSA) is 123 Å². The number of imidazole rings is 2. The number of carbonyl (C=O) groups excluding carboxylic acids is 3. The molecule has 1 aromatic carbocycles. The third-order valence-electron chi connectivity index (χ3n) is 7.49. The zero-order valence-electron chi connectivity index (χ0n) is 25.0. The highest BCUT2D eigenvalue weighted by atomic mass is 16.5. The third-order valence-corrected chi connectivity index (χ3v) is 7.49. The van der Waals surface area contributed by atoms with Crippen LogP contribution in [0.1, 0.15) is 37.9 Å². The summed E-state index contributed by atoms with van der Waals surface area (Å²) in [5.41, 5.74) is 3.45. The molecule has 2 N–H and O–H groups in total. The molecule has 1 aliphatic rings. The van der Waals surface area contributed by atoms with Crippen molar-refractivity contribution in [1.82, 2.24) is 34.5 Å². The lowest BCUT2D eigenvalue weighted by Crippen LogP contribution is -2.51. The summed E-state index contributed by atoms with van der Waals surface area (Å²) in [5.74, 6) is 0.803. The maximum absolute atomic E-state index is 13.6. The number of benzene rings is 1. The van der Waals surface area contributed by atoms with Gasteiger partial charge in [0.2, 0.25) is 17.7 Å². The minimum Gasteiger partial charge on any atom is -0.494 e. The Kier molecular flexibility index (Phi) is 9.38. The average Bonchev–Trinajstić information content (AvgIpc) is 3.62. The van der Waals surface area contributed by atoms with Crippen LogP contribution in [0.3, 0.4) is 0 Å². The van der Waals surface area contributed by atoms with Crippen LogP contribution in [-0.4, -0.2) is 73.8 Å². The van der Waals surface area contributed by atoms with Crippen molar-refractivity contribution >= 4 is 23.4 Å². The monoisotopic (exact) mass is 585 g/mol. The second kappa shape index (κ2) is 13.5. The summed E-state index contributed by atoms with van der Waals surface area (Å²) in [4.78, 5) is 50.6. The molecule has 4 aromatic rings. The van der Waals surface area contributed by atoms with E-state index in [1.54, 1.807) is 12.4 Å². The number of aryl methyl sites for hydroxylation is 1. The van der Waals surface area contributed by atoms with E-state index in [1.807, 2.05) is 78.5 Å². The first-order chi connectivity index (χ1) is 20.8. The van der Waals surface area contributed by atoms with Gasteiger partial charge in [-0.25, -0.2) is 9.97 Å². The van der Waals surface area contributed by atoms with Crippen LogP contribution in [-0.2, 0) is 27.3 Å². The summed E-state index contributed by atoms with van der Waals surface area (Å²) in [5, 5.41) is 5.86. The molecule has 0 radical (unpaired) electrons. The van der Waals surface area contributed by atoms with E-state index < -0.39 is 6.04 Å².